The Morgan fingerprint density at radius 1 is 0.842 bits per heavy atom. The van der Waals surface area contributed by atoms with Crippen molar-refractivity contribution < 1.29 is 28.5 Å². The van der Waals surface area contributed by atoms with Crippen LogP contribution in [0.1, 0.15) is 26.7 Å². The molecule has 0 atom stereocenters. The van der Waals surface area contributed by atoms with Gasteiger partial charge in [0.1, 0.15) is 0 Å². The van der Waals surface area contributed by atoms with Gasteiger partial charge in [-0.2, -0.15) is 0 Å². The first-order chi connectivity index (χ1) is 8.91. The summed E-state index contributed by atoms with van der Waals surface area (Å²) in [6, 6.07) is 0. The van der Waals surface area contributed by atoms with Crippen molar-refractivity contribution >= 4 is 11.9 Å². The van der Waals surface area contributed by atoms with E-state index in [-0.39, 0.29) is 30.2 Å². The molecule has 0 aromatic heterocycles. The fraction of sp³-hybridized carbons (Fsp3) is 0.846. The predicted octanol–water partition coefficient (Wildman–Crippen LogP) is 1.17. The number of rotatable bonds is 10. The van der Waals surface area contributed by atoms with Gasteiger partial charge in [-0.25, -0.2) is 0 Å². The molecule has 19 heavy (non-hydrogen) atoms. The summed E-state index contributed by atoms with van der Waals surface area (Å²) in [6.45, 7) is 5.59. The summed E-state index contributed by atoms with van der Waals surface area (Å²) in [5, 5.41) is 0. The van der Waals surface area contributed by atoms with E-state index in [0.717, 1.165) is 0 Å². The monoisotopic (exact) mass is 276 g/mol. The SMILES string of the molecule is COC(=O)CCOCC(C)(C)COCCC(=O)OC. The van der Waals surface area contributed by atoms with Crippen LogP contribution in [0.15, 0.2) is 0 Å². The summed E-state index contributed by atoms with van der Waals surface area (Å²) in [4.78, 5) is 21.7. The third-order valence-electron chi connectivity index (χ3n) is 2.34. The van der Waals surface area contributed by atoms with Crippen LogP contribution in [0.25, 0.3) is 0 Å². The van der Waals surface area contributed by atoms with Crippen molar-refractivity contribution in [3.63, 3.8) is 0 Å². The lowest BCUT2D eigenvalue weighted by molar-refractivity contribution is -0.142. The van der Waals surface area contributed by atoms with Crippen molar-refractivity contribution in [2.75, 3.05) is 40.6 Å². The quantitative estimate of drug-likeness (QED) is 0.440. The molecule has 0 aliphatic carbocycles. The molecular weight excluding hydrogens is 252 g/mol. The van der Waals surface area contributed by atoms with E-state index in [9.17, 15) is 9.59 Å². The molecule has 0 N–H and O–H groups in total. The maximum Gasteiger partial charge on any atom is 0.307 e. The highest BCUT2D eigenvalue weighted by Gasteiger charge is 2.19. The maximum absolute atomic E-state index is 10.9. The molecule has 0 unspecified atom stereocenters. The molecule has 0 radical (unpaired) electrons. The zero-order valence-corrected chi connectivity index (χ0v) is 12.2. The fourth-order valence-electron chi connectivity index (χ4n) is 1.25. The van der Waals surface area contributed by atoms with E-state index >= 15 is 0 Å². The topological polar surface area (TPSA) is 71.1 Å². The highest BCUT2D eigenvalue weighted by molar-refractivity contribution is 5.69. The average molecular weight is 276 g/mol. The van der Waals surface area contributed by atoms with Gasteiger partial charge in [0.2, 0.25) is 0 Å². The molecule has 0 aliphatic rings. The Morgan fingerprint density at radius 2 is 1.21 bits per heavy atom. The van der Waals surface area contributed by atoms with Crippen molar-refractivity contribution in [3.8, 4) is 0 Å². The zero-order valence-electron chi connectivity index (χ0n) is 12.2. The first kappa shape index (κ1) is 17.9. The molecule has 0 spiro atoms. The van der Waals surface area contributed by atoms with E-state index in [4.69, 9.17) is 9.47 Å². The lowest BCUT2D eigenvalue weighted by Gasteiger charge is -2.24. The molecule has 0 fully saturated rings. The predicted molar refractivity (Wildman–Crippen MR) is 68.7 cm³/mol. The number of methoxy groups -OCH3 is 2. The Morgan fingerprint density at radius 3 is 1.53 bits per heavy atom. The molecule has 0 bridgehead atoms. The summed E-state index contributed by atoms with van der Waals surface area (Å²) >= 11 is 0. The normalized spacial score (nSPS) is 11.2. The van der Waals surface area contributed by atoms with Crippen LogP contribution in [0.5, 0.6) is 0 Å². The number of carbonyl (C=O) groups excluding carboxylic acids is 2. The van der Waals surface area contributed by atoms with Gasteiger partial charge in [0.15, 0.2) is 0 Å². The van der Waals surface area contributed by atoms with E-state index in [1.165, 1.54) is 14.2 Å². The molecule has 0 rings (SSSR count). The van der Waals surface area contributed by atoms with E-state index < -0.39 is 0 Å². The highest BCUT2D eigenvalue weighted by Crippen LogP contribution is 2.16. The molecule has 0 saturated heterocycles. The molecule has 6 nitrogen and oxygen atoms in total. The Hall–Kier alpha value is -1.14. The van der Waals surface area contributed by atoms with Crippen molar-refractivity contribution in [2.24, 2.45) is 5.41 Å². The minimum Gasteiger partial charge on any atom is -0.469 e. The van der Waals surface area contributed by atoms with Crippen molar-refractivity contribution in [2.45, 2.75) is 26.7 Å². The molecule has 0 amide bonds. The van der Waals surface area contributed by atoms with E-state index in [1.807, 2.05) is 13.8 Å². The van der Waals surface area contributed by atoms with Crippen LogP contribution < -0.4 is 0 Å². The van der Waals surface area contributed by atoms with Gasteiger partial charge in [-0.1, -0.05) is 13.8 Å². The summed E-state index contributed by atoms with van der Waals surface area (Å²) in [5.41, 5.74) is -0.174. The van der Waals surface area contributed by atoms with Crippen LogP contribution in [0.4, 0.5) is 0 Å². The van der Waals surface area contributed by atoms with Gasteiger partial charge in [-0.05, 0) is 0 Å². The number of esters is 2. The number of hydrogen-bond donors (Lipinski definition) is 0. The first-order valence-corrected chi connectivity index (χ1v) is 6.20. The molecule has 0 aliphatic heterocycles. The summed E-state index contributed by atoms with van der Waals surface area (Å²) in [7, 11) is 2.70. The second-order valence-corrected chi connectivity index (χ2v) is 4.92. The molecule has 0 saturated carbocycles. The zero-order chi connectivity index (χ0) is 14.7. The van der Waals surface area contributed by atoms with Gasteiger partial charge < -0.3 is 18.9 Å². The first-order valence-electron chi connectivity index (χ1n) is 6.20. The molecule has 0 aromatic carbocycles. The Labute approximate surface area is 114 Å². The van der Waals surface area contributed by atoms with Crippen molar-refractivity contribution in [1.82, 2.24) is 0 Å². The molecule has 0 aromatic rings. The van der Waals surface area contributed by atoms with Gasteiger partial charge in [-0.3, -0.25) is 9.59 Å². The van der Waals surface area contributed by atoms with Crippen LogP contribution in [-0.2, 0) is 28.5 Å². The number of hydrogen-bond acceptors (Lipinski definition) is 6. The van der Waals surface area contributed by atoms with E-state index in [2.05, 4.69) is 9.47 Å². The summed E-state index contributed by atoms with van der Waals surface area (Å²) < 4.78 is 19.8. The second kappa shape index (κ2) is 9.75. The smallest absolute Gasteiger partial charge is 0.307 e. The average Bonchev–Trinajstić information content (AvgIpc) is 2.39. The van der Waals surface area contributed by atoms with E-state index in [0.29, 0.717) is 26.4 Å². The minimum absolute atomic E-state index is 0.174. The summed E-state index contributed by atoms with van der Waals surface area (Å²) in [6.07, 6.45) is 0.492. The largest absolute Gasteiger partial charge is 0.469 e. The molecule has 112 valence electrons. The Balaban J connectivity index is 3.62. The highest BCUT2D eigenvalue weighted by atomic mass is 16.5. The van der Waals surface area contributed by atoms with E-state index in [1.54, 1.807) is 0 Å². The molecule has 6 heteroatoms. The Bertz CT molecular complexity index is 248. The molecule has 0 heterocycles. The lowest BCUT2D eigenvalue weighted by atomic mass is 9.96. The van der Waals surface area contributed by atoms with Crippen LogP contribution in [0.2, 0.25) is 0 Å². The fourth-order valence-corrected chi connectivity index (χ4v) is 1.25. The maximum atomic E-state index is 10.9. The van der Waals surface area contributed by atoms with Crippen LogP contribution in [0.3, 0.4) is 0 Å². The van der Waals surface area contributed by atoms with Gasteiger partial charge in [0.25, 0.3) is 0 Å². The third kappa shape index (κ3) is 10.5. The third-order valence-corrected chi connectivity index (χ3v) is 2.34. The summed E-state index contributed by atoms with van der Waals surface area (Å²) in [5.74, 6) is -0.570. The van der Waals surface area contributed by atoms with Crippen LogP contribution in [0, 0.1) is 5.41 Å². The second-order valence-electron chi connectivity index (χ2n) is 4.92. The van der Waals surface area contributed by atoms with Crippen molar-refractivity contribution in [1.29, 1.82) is 0 Å². The van der Waals surface area contributed by atoms with Crippen molar-refractivity contribution in [3.05, 3.63) is 0 Å². The van der Waals surface area contributed by atoms with Gasteiger partial charge >= 0.3 is 11.9 Å². The molecular formula is C13H24O6. The van der Waals surface area contributed by atoms with Gasteiger partial charge in [0, 0.05) is 5.41 Å². The standard InChI is InChI=1S/C13H24O6/c1-13(2,9-18-7-5-11(14)16-3)10-19-8-6-12(15)17-4/h5-10H2,1-4H3. The Kier molecular flexibility index (Phi) is 9.16. The minimum atomic E-state index is -0.285. The van der Waals surface area contributed by atoms with Gasteiger partial charge in [0.05, 0.1) is 53.5 Å². The number of carbonyl (C=O) groups is 2. The number of ether oxygens (including phenoxy) is 4. The lowest BCUT2D eigenvalue weighted by Crippen LogP contribution is -2.26. The van der Waals surface area contributed by atoms with Crippen LogP contribution in [-0.4, -0.2) is 52.6 Å². The van der Waals surface area contributed by atoms with Crippen LogP contribution >= 0.6 is 0 Å². The van der Waals surface area contributed by atoms with Gasteiger partial charge in [-0.15, -0.1) is 0 Å².